The molecule has 2 rings (SSSR count). The van der Waals surface area contributed by atoms with Gasteiger partial charge in [0.05, 0.1) is 19.1 Å². The lowest BCUT2D eigenvalue weighted by Crippen LogP contribution is -1.98. The van der Waals surface area contributed by atoms with Crippen LogP contribution in [0.25, 0.3) is 0 Å². The van der Waals surface area contributed by atoms with Gasteiger partial charge in [0.15, 0.2) is 11.5 Å². The van der Waals surface area contributed by atoms with Gasteiger partial charge in [0.2, 0.25) is 6.79 Å². The minimum Gasteiger partial charge on any atom is -0.454 e. The van der Waals surface area contributed by atoms with Crippen LogP contribution >= 0.6 is 0 Å². The van der Waals surface area contributed by atoms with Crippen LogP contribution in [0.3, 0.4) is 0 Å². The van der Waals surface area contributed by atoms with Crippen LogP contribution in [0.1, 0.15) is 11.1 Å². The molecule has 4 heteroatoms. The fourth-order valence-electron chi connectivity index (χ4n) is 1.62. The van der Waals surface area contributed by atoms with Crippen molar-refractivity contribution in [1.29, 1.82) is 5.26 Å². The Labute approximate surface area is 88.0 Å². The summed E-state index contributed by atoms with van der Waals surface area (Å²) in [7, 11) is 1.62. The number of fused-ring (bicyclic) bond motifs is 1. The lowest BCUT2D eigenvalue weighted by molar-refractivity contribution is 0.162. The highest BCUT2D eigenvalue weighted by molar-refractivity contribution is 5.52. The lowest BCUT2D eigenvalue weighted by Gasteiger charge is -2.09. The number of hydrogen-bond donors (Lipinski definition) is 0. The van der Waals surface area contributed by atoms with Crippen molar-refractivity contribution < 1.29 is 14.2 Å². The minimum absolute atomic E-state index is 0.238. The Bertz CT molecular complexity index is 409. The van der Waals surface area contributed by atoms with E-state index in [0.717, 1.165) is 16.9 Å². The van der Waals surface area contributed by atoms with Crippen LogP contribution in [0.5, 0.6) is 11.5 Å². The fraction of sp³-hybridized carbons (Fsp3) is 0.364. The third-order valence-corrected chi connectivity index (χ3v) is 2.30. The molecule has 1 aliphatic rings. The van der Waals surface area contributed by atoms with E-state index in [2.05, 4.69) is 6.07 Å². The van der Waals surface area contributed by atoms with E-state index in [1.165, 1.54) is 0 Å². The van der Waals surface area contributed by atoms with Crippen molar-refractivity contribution in [3.8, 4) is 17.6 Å². The summed E-state index contributed by atoms with van der Waals surface area (Å²) in [5, 5.41) is 8.70. The van der Waals surface area contributed by atoms with E-state index >= 15 is 0 Å². The highest BCUT2D eigenvalue weighted by Gasteiger charge is 2.20. The van der Waals surface area contributed by atoms with Crippen LogP contribution in [0.4, 0.5) is 0 Å². The topological polar surface area (TPSA) is 51.5 Å². The fourth-order valence-corrected chi connectivity index (χ4v) is 1.62. The van der Waals surface area contributed by atoms with Crippen molar-refractivity contribution in [2.75, 3.05) is 13.9 Å². The predicted molar refractivity (Wildman–Crippen MR) is 52.6 cm³/mol. The highest BCUT2D eigenvalue weighted by Crippen LogP contribution is 2.37. The molecule has 0 amide bonds. The van der Waals surface area contributed by atoms with Gasteiger partial charge in [-0.15, -0.1) is 0 Å². The molecule has 0 fully saturated rings. The average Bonchev–Trinajstić information content (AvgIpc) is 2.70. The van der Waals surface area contributed by atoms with Gasteiger partial charge >= 0.3 is 0 Å². The van der Waals surface area contributed by atoms with Gasteiger partial charge in [0.25, 0.3) is 0 Å². The maximum absolute atomic E-state index is 8.70. The Balaban J connectivity index is 2.44. The molecule has 0 spiro atoms. The van der Waals surface area contributed by atoms with Crippen molar-refractivity contribution in [2.45, 2.75) is 13.0 Å². The molecule has 1 heterocycles. The molecule has 1 aliphatic heterocycles. The molecule has 1 aromatic rings. The van der Waals surface area contributed by atoms with E-state index in [-0.39, 0.29) is 6.79 Å². The molecule has 15 heavy (non-hydrogen) atoms. The Kier molecular flexibility index (Phi) is 2.75. The number of rotatable bonds is 3. The second-order valence-corrected chi connectivity index (χ2v) is 3.20. The van der Waals surface area contributed by atoms with Crippen LogP contribution in [-0.4, -0.2) is 13.9 Å². The van der Waals surface area contributed by atoms with Gasteiger partial charge in [0.1, 0.15) is 0 Å². The molecule has 0 saturated heterocycles. The van der Waals surface area contributed by atoms with Gasteiger partial charge in [-0.2, -0.15) is 5.26 Å². The summed E-state index contributed by atoms with van der Waals surface area (Å²) < 4.78 is 15.7. The van der Waals surface area contributed by atoms with Gasteiger partial charge < -0.3 is 14.2 Å². The first-order chi connectivity index (χ1) is 7.36. The number of methoxy groups -OCH3 is 1. The first-order valence-electron chi connectivity index (χ1n) is 4.63. The smallest absolute Gasteiger partial charge is 0.231 e. The van der Waals surface area contributed by atoms with Crippen LogP contribution in [-0.2, 0) is 17.8 Å². The standard InChI is InChI=1S/C11H11NO3/c1-13-6-9-8(4-5-12)2-3-10-11(9)15-7-14-10/h2-3H,4,6-7H2,1H3. The van der Waals surface area contributed by atoms with Gasteiger partial charge in [-0.1, -0.05) is 6.07 Å². The molecule has 0 atom stereocenters. The van der Waals surface area contributed by atoms with Crippen molar-refractivity contribution >= 4 is 0 Å². The number of benzene rings is 1. The quantitative estimate of drug-likeness (QED) is 0.752. The zero-order chi connectivity index (χ0) is 10.7. The lowest BCUT2D eigenvalue weighted by atomic mass is 10.0. The minimum atomic E-state index is 0.238. The average molecular weight is 205 g/mol. The molecule has 0 aliphatic carbocycles. The van der Waals surface area contributed by atoms with Crippen LogP contribution in [0, 0.1) is 11.3 Å². The molecule has 1 aromatic carbocycles. The molecule has 0 saturated carbocycles. The SMILES string of the molecule is COCc1c(CC#N)ccc2c1OCO2. The van der Waals surface area contributed by atoms with Crippen LogP contribution < -0.4 is 9.47 Å². The van der Waals surface area contributed by atoms with Gasteiger partial charge in [0, 0.05) is 12.7 Å². The number of ether oxygens (including phenoxy) is 3. The van der Waals surface area contributed by atoms with E-state index in [0.29, 0.717) is 18.8 Å². The van der Waals surface area contributed by atoms with Crippen LogP contribution in [0.15, 0.2) is 12.1 Å². The number of nitriles is 1. The molecule has 0 N–H and O–H groups in total. The van der Waals surface area contributed by atoms with E-state index < -0.39 is 0 Å². The molecule has 0 unspecified atom stereocenters. The zero-order valence-electron chi connectivity index (χ0n) is 8.45. The van der Waals surface area contributed by atoms with Crippen LogP contribution in [0.2, 0.25) is 0 Å². The summed E-state index contributed by atoms with van der Waals surface area (Å²) in [6.45, 7) is 0.672. The zero-order valence-corrected chi connectivity index (χ0v) is 8.45. The second kappa shape index (κ2) is 4.20. The van der Waals surface area contributed by atoms with Gasteiger partial charge in [-0.3, -0.25) is 0 Å². The third kappa shape index (κ3) is 1.74. The molecule has 0 radical (unpaired) electrons. The second-order valence-electron chi connectivity index (χ2n) is 3.20. The predicted octanol–water partition coefficient (Wildman–Crippen LogP) is 1.63. The van der Waals surface area contributed by atoms with Crippen molar-refractivity contribution in [1.82, 2.24) is 0 Å². The summed E-state index contributed by atoms with van der Waals surface area (Å²) in [5.74, 6) is 1.44. The Morgan fingerprint density at radius 1 is 1.47 bits per heavy atom. The monoisotopic (exact) mass is 205 g/mol. The number of nitrogens with zero attached hydrogens (tertiary/aromatic N) is 1. The van der Waals surface area contributed by atoms with Crippen molar-refractivity contribution in [3.05, 3.63) is 23.3 Å². The molecule has 78 valence electrons. The summed E-state index contributed by atoms with van der Waals surface area (Å²) in [6.07, 6.45) is 0.356. The van der Waals surface area contributed by atoms with Gasteiger partial charge in [-0.25, -0.2) is 0 Å². The molecule has 0 bridgehead atoms. The molecule has 0 aromatic heterocycles. The van der Waals surface area contributed by atoms with E-state index in [1.807, 2.05) is 12.1 Å². The van der Waals surface area contributed by atoms with E-state index in [9.17, 15) is 0 Å². The van der Waals surface area contributed by atoms with E-state index in [4.69, 9.17) is 19.5 Å². The Hall–Kier alpha value is -1.73. The normalized spacial score (nSPS) is 12.5. The first-order valence-corrected chi connectivity index (χ1v) is 4.63. The maximum Gasteiger partial charge on any atom is 0.231 e. The third-order valence-electron chi connectivity index (χ3n) is 2.30. The van der Waals surface area contributed by atoms with Gasteiger partial charge in [-0.05, 0) is 11.6 Å². The Morgan fingerprint density at radius 2 is 2.33 bits per heavy atom. The highest BCUT2D eigenvalue weighted by atomic mass is 16.7. The largest absolute Gasteiger partial charge is 0.454 e. The molecular weight excluding hydrogens is 194 g/mol. The van der Waals surface area contributed by atoms with E-state index in [1.54, 1.807) is 7.11 Å². The first kappa shape index (κ1) is 9.81. The Morgan fingerprint density at radius 3 is 3.07 bits per heavy atom. The van der Waals surface area contributed by atoms with Crippen molar-refractivity contribution in [2.24, 2.45) is 0 Å². The summed E-state index contributed by atoms with van der Waals surface area (Å²) in [5.41, 5.74) is 1.85. The molecular formula is C11H11NO3. The number of hydrogen-bond acceptors (Lipinski definition) is 4. The summed E-state index contributed by atoms with van der Waals surface area (Å²) in [4.78, 5) is 0. The van der Waals surface area contributed by atoms with Crippen molar-refractivity contribution in [3.63, 3.8) is 0 Å². The molecule has 4 nitrogen and oxygen atoms in total. The summed E-state index contributed by atoms with van der Waals surface area (Å²) >= 11 is 0. The maximum atomic E-state index is 8.70. The summed E-state index contributed by atoms with van der Waals surface area (Å²) in [6, 6.07) is 5.83.